The van der Waals surface area contributed by atoms with Gasteiger partial charge in [0.05, 0.1) is 7.11 Å². The molecule has 1 rings (SSSR count). The Hall–Kier alpha value is -1.33. The number of rotatable bonds is 6. The highest BCUT2D eigenvalue weighted by atomic mass is 32.2. The number of aliphatic hydroxyl groups is 1. The van der Waals surface area contributed by atoms with Crippen molar-refractivity contribution < 1.29 is 14.6 Å². The third kappa shape index (κ3) is 5.04. The van der Waals surface area contributed by atoms with Crippen molar-refractivity contribution in [3.63, 3.8) is 0 Å². The maximum Gasteiger partial charge on any atom is 0.183 e. The summed E-state index contributed by atoms with van der Waals surface area (Å²) in [6.45, 7) is 0. The first-order chi connectivity index (χ1) is 9.10. The van der Waals surface area contributed by atoms with Crippen LogP contribution in [0.1, 0.15) is 5.56 Å². The molecular formula is C14H16O3S2. The third-order valence-electron chi connectivity index (χ3n) is 2.31. The highest BCUT2D eigenvalue weighted by Gasteiger charge is 2.04. The van der Waals surface area contributed by atoms with Gasteiger partial charge in [0.15, 0.2) is 5.78 Å². The molecule has 0 bridgehead atoms. The molecule has 0 atom stereocenters. The molecule has 0 aliphatic rings. The highest BCUT2D eigenvalue weighted by Crippen LogP contribution is 2.23. The van der Waals surface area contributed by atoms with Gasteiger partial charge in [-0.05, 0) is 24.6 Å². The molecular weight excluding hydrogens is 280 g/mol. The molecule has 5 heteroatoms. The van der Waals surface area contributed by atoms with Crippen LogP contribution in [0.5, 0.6) is 5.75 Å². The molecule has 0 saturated carbocycles. The number of ketones is 1. The number of ether oxygens (including phenoxy) is 1. The van der Waals surface area contributed by atoms with Gasteiger partial charge in [0.25, 0.3) is 0 Å². The molecule has 19 heavy (non-hydrogen) atoms. The summed E-state index contributed by atoms with van der Waals surface area (Å²) in [6, 6.07) is 6.92. The second-order valence-electron chi connectivity index (χ2n) is 3.54. The Morgan fingerprint density at radius 1 is 1.26 bits per heavy atom. The number of thioether (sulfide) groups is 2. The summed E-state index contributed by atoms with van der Waals surface area (Å²) in [5.74, 6) is 0.329. The molecule has 0 aliphatic heterocycles. The van der Waals surface area contributed by atoms with Gasteiger partial charge < -0.3 is 9.84 Å². The first kappa shape index (κ1) is 15.7. The van der Waals surface area contributed by atoms with Gasteiger partial charge in [0, 0.05) is 22.0 Å². The van der Waals surface area contributed by atoms with Gasteiger partial charge in [0.1, 0.15) is 11.5 Å². The average molecular weight is 296 g/mol. The Kier molecular flexibility index (Phi) is 6.59. The Labute approximate surface area is 121 Å². The number of hydrogen-bond acceptors (Lipinski definition) is 5. The van der Waals surface area contributed by atoms with E-state index < -0.39 is 0 Å². The van der Waals surface area contributed by atoms with Crippen molar-refractivity contribution in [3.05, 3.63) is 46.2 Å². The van der Waals surface area contributed by atoms with Crippen molar-refractivity contribution in [2.75, 3.05) is 19.6 Å². The van der Waals surface area contributed by atoms with Crippen molar-refractivity contribution in [3.8, 4) is 5.75 Å². The van der Waals surface area contributed by atoms with Crippen LogP contribution in [-0.4, -0.2) is 30.5 Å². The molecule has 0 aliphatic carbocycles. The molecule has 0 spiro atoms. The minimum absolute atomic E-state index is 0.0679. The van der Waals surface area contributed by atoms with Crippen LogP contribution in [-0.2, 0) is 4.79 Å². The fourth-order valence-electron chi connectivity index (χ4n) is 1.36. The Balaban J connectivity index is 2.92. The van der Waals surface area contributed by atoms with Gasteiger partial charge in [-0.15, -0.1) is 23.5 Å². The summed E-state index contributed by atoms with van der Waals surface area (Å²) < 4.78 is 5.97. The fraction of sp³-hybridized carbons (Fsp3) is 0.214. The molecule has 3 nitrogen and oxygen atoms in total. The van der Waals surface area contributed by atoms with Crippen LogP contribution < -0.4 is 4.74 Å². The number of methoxy groups -OCH3 is 1. The number of allylic oxidation sites excluding steroid dienone is 2. The van der Waals surface area contributed by atoms with Gasteiger partial charge in [0.2, 0.25) is 0 Å². The minimum atomic E-state index is -0.237. The van der Waals surface area contributed by atoms with Gasteiger partial charge >= 0.3 is 0 Å². The van der Waals surface area contributed by atoms with Crippen molar-refractivity contribution in [2.45, 2.75) is 0 Å². The zero-order valence-electron chi connectivity index (χ0n) is 11.0. The molecule has 0 fully saturated rings. The maximum atomic E-state index is 11.7. The van der Waals surface area contributed by atoms with Gasteiger partial charge in [-0.1, -0.05) is 12.1 Å². The lowest BCUT2D eigenvalue weighted by atomic mass is 10.1. The van der Waals surface area contributed by atoms with Crippen molar-refractivity contribution in [2.24, 2.45) is 0 Å². The molecule has 102 valence electrons. The highest BCUT2D eigenvalue weighted by molar-refractivity contribution is 8.21. The molecule has 0 radical (unpaired) electrons. The molecule has 0 saturated heterocycles. The summed E-state index contributed by atoms with van der Waals surface area (Å²) in [7, 11) is 1.55. The number of benzene rings is 1. The summed E-state index contributed by atoms with van der Waals surface area (Å²) in [6.07, 6.45) is 6.52. The minimum Gasteiger partial charge on any atom is -0.507 e. The van der Waals surface area contributed by atoms with E-state index in [4.69, 9.17) is 4.74 Å². The van der Waals surface area contributed by atoms with Crippen LogP contribution in [0.2, 0.25) is 0 Å². The lowest BCUT2D eigenvalue weighted by Crippen LogP contribution is -1.92. The first-order valence-electron chi connectivity index (χ1n) is 5.49. The second-order valence-corrected chi connectivity index (χ2v) is 5.49. The van der Waals surface area contributed by atoms with Gasteiger partial charge in [-0.3, -0.25) is 4.79 Å². The van der Waals surface area contributed by atoms with Crippen LogP contribution in [0.3, 0.4) is 0 Å². The zero-order valence-corrected chi connectivity index (χ0v) is 12.7. The largest absolute Gasteiger partial charge is 0.507 e. The number of carbonyl (C=O) groups is 1. The summed E-state index contributed by atoms with van der Waals surface area (Å²) >= 11 is 3.00. The number of aliphatic hydroxyl groups excluding tert-OH is 1. The first-order valence-corrected chi connectivity index (χ1v) is 7.94. The lowest BCUT2D eigenvalue weighted by molar-refractivity contribution is -0.110. The van der Waals surface area contributed by atoms with Crippen molar-refractivity contribution >= 4 is 35.1 Å². The van der Waals surface area contributed by atoms with Crippen LogP contribution in [0, 0.1) is 0 Å². The van der Waals surface area contributed by atoms with Gasteiger partial charge in [-0.25, -0.2) is 0 Å². The average Bonchev–Trinajstić information content (AvgIpc) is 2.44. The summed E-state index contributed by atoms with van der Waals surface area (Å²) in [5, 5.41) is 9.91. The van der Waals surface area contributed by atoms with E-state index in [1.54, 1.807) is 31.4 Å². The van der Waals surface area contributed by atoms with Crippen LogP contribution in [0.15, 0.2) is 40.7 Å². The molecule has 1 aromatic carbocycles. The number of hydrogen-bond donors (Lipinski definition) is 1. The predicted molar refractivity (Wildman–Crippen MR) is 83.7 cm³/mol. The predicted octanol–water partition coefficient (Wildman–Crippen LogP) is 3.73. The maximum absolute atomic E-state index is 11.7. The van der Waals surface area contributed by atoms with E-state index in [1.807, 2.05) is 12.5 Å². The van der Waals surface area contributed by atoms with E-state index in [0.29, 0.717) is 11.3 Å². The fourth-order valence-corrected chi connectivity index (χ4v) is 2.49. The molecule has 0 amide bonds. The van der Waals surface area contributed by atoms with E-state index in [0.717, 1.165) is 4.24 Å². The van der Waals surface area contributed by atoms with E-state index in [2.05, 4.69) is 0 Å². The Morgan fingerprint density at radius 2 is 1.95 bits per heavy atom. The van der Waals surface area contributed by atoms with E-state index in [1.165, 1.54) is 35.7 Å². The molecule has 0 aromatic heterocycles. The monoisotopic (exact) mass is 296 g/mol. The normalized spacial score (nSPS) is 11.0. The Morgan fingerprint density at radius 3 is 2.53 bits per heavy atom. The quantitative estimate of drug-likeness (QED) is 0.640. The van der Waals surface area contributed by atoms with E-state index in [-0.39, 0.29) is 11.5 Å². The second kappa shape index (κ2) is 7.96. The molecule has 1 N–H and O–H groups in total. The van der Waals surface area contributed by atoms with Crippen molar-refractivity contribution in [1.29, 1.82) is 0 Å². The van der Waals surface area contributed by atoms with Crippen LogP contribution in [0.4, 0.5) is 0 Å². The van der Waals surface area contributed by atoms with E-state index in [9.17, 15) is 9.90 Å². The molecule has 1 aromatic rings. The SMILES string of the molecule is COc1cccc(/C(O)=C/C(=O)C=C(SC)SC)c1. The Bertz CT molecular complexity index is 501. The van der Waals surface area contributed by atoms with Crippen LogP contribution >= 0.6 is 23.5 Å². The lowest BCUT2D eigenvalue weighted by Gasteiger charge is -2.03. The van der Waals surface area contributed by atoms with Crippen molar-refractivity contribution in [1.82, 2.24) is 0 Å². The zero-order chi connectivity index (χ0) is 14.3. The van der Waals surface area contributed by atoms with Crippen LogP contribution in [0.25, 0.3) is 5.76 Å². The summed E-state index contributed by atoms with van der Waals surface area (Å²) in [5.41, 5.74) is 0.552. The third-order valence-corrected chi connectivity index (χ3v) is 4.35. The summed E-state index contributed by atoms with van der Waals surface area (Å²) in [4.78, 5) is 11.7. The molecule has 0 heterocycles. The standard InChI is InChI=1S/C14H16O3S2/c1-17-12-6-4-5-10(7-12)13(16)8-11(15)9-14(18-2)19-3/h4-9,16H,1-3H3/b13-8-. The van der Waals surface area contributed by atoms with Gasteiger partial charge in [-0.2, -0.15) is 0 Å². The van der Waals surface area contributed by atoms with E-state index >= 15 is 0 Å². The molecule has 0 unspecified atom stereocenters. The smallest absolute Gasteiger partial charge is 0.183 e. The topological polar surface area (TPSA) is 46.5 Å². The number of carbonyl (C=O) groups excluding carboxylic acids is 1.